The molecule has 0 aliphatic heterocycles. The van der Waals surface area contributed by atoms with Crippen LogP contribution in [-0.4, -0.2) is 31.6 Å². The van der Waals surface area contributed by atoms with Crippen LogP contribution in [0.1, 0.15) is 17.0 Å². The Morgan fingerprint density at radius 3 is 2.52 bits per heavy atom. The molecular weight excluding hydrogens is 428 g/mol. The highest BCUT2D eigenvalue weighted by Gasteiger charge is 2.16. The maximum Gasteiger partial charge on any atom is 0.234 e. The largest absolute Gasteiger partial charge is 0.330 e. The predicted octanol–water partition coefficient (Wildman–Crippen LogP) is 5.12. The number of benzene rings is 2. The van der Waals surface area contributed by atoms with E-state index in [-0.39, 0.29) is 11.7 Å². The first-order chi connectivity index (χ1) is 15.0. The van der Waals surface area contributed by atoms with E-state index >= 15 is 0 Å². The molecule has 7 nitrogen and oxygen atoms in total. The second-order valence-electron chi connectivity index (χ2n) is 6.99. The van der Waals surface area contributed by atoms with Crippen LogP contribution in [0.15, 0.2) is 58.9 Å². The van der Waals surface area contributed by atoms with Gasteiger partial charge >= 0.3 is 0 Å². The molecule has 0 aliphatic rings. The summed E-state index contributed by atoms with van der Waals surface area (Å²) in [6.07, 6.45) is 0. The maximum atomic E-state index is 12.5. The van der Waals surface area contributed by atoms with E-state index in [0.717, 1.165) is 32.8 Å². The van der Waals surface area contributed by atoms with E-state index in [0.29, 0.717) is 5.13 Å². The van der Waals surface area contributed by atoms with Crippen molar-refractivity contribution in [3.05, 3.63) is 71.5 Å². The molecule has 1 amide bonds. The third-order valence-electron chi connectivity index (χ3n) is 4.59. The summed E-state index contributed by atoms with van der Waals surface area (Å²) >= 11 is 2.78. The van der Waals surface area contributed by atoms with Crippen LogP contribution in [0.2, 0.25) is 0 Å². The molecule has 31 heavy (non-hydrogen) atoms. The zero-order valence-corrected chi connectivity index (χ0v) is 19.0. The number of aromatic nitrogens is 4. The SMILES string of the molecule is Cc1ccc(Nc2nnc(SCC(=O)Nc3c(C)nn(-c4ccccc4)c3C)s2)cc1. The average molecular weight is 451 g/mol. The summed E-state index contributed by atoms with van der Waals surface area (Å²) < 4.78 is 2.57. The predicted molar refractivity (Wildman–Crippen MR) is 127 cm³/mol. The summed E-state index contributed by atoms with van der Waals surface area (Å²) in [5.41, 5.74) is 5.53. The van der Waals surface area contributed by atoms with Crippen LogP contribution >= 0.6 is 23.1 Å². The molecule has 158 valence electrons. The number of rotatable bonds is 7. The van der Waals surface area contributed by atoms with Crippen molar-refractivity contribution in [2.75, 3.05) is 16.4 Å². The third-order valence-corrected chi connectivity index (χ3v) is 6.56. The molecule has 0 bridgehead atoms. The van der Waals surface area contributed by atoms with Crippen molar-refractivity contribution >= 4 is 45.5 Å². The number of para-hydroxylation sites is 1. The lowest BCUT2D eigenvalue weighted by atomic mass is 10.2. The van der Waals surface area contributed by atoms with Crippen molar-refractivity contribution < 1.29 is 4.79 Å². The van der Waals surface area contributed by atoms with E-state index in [1.165, 1.54) is 28.7 Å². The van der Waals surface area contributed by atoms with Gasteiger partial charge in [-0.25, -0.2) is 4.68 Å². The maximum absolute atomic E-state index is 12.5. The summed E-state index contributed by atoms with van der Waals surface area (Å²) in [7, 11) is 0. The quantitative estimate of drug-likeness (QED) is 0.380. The molecule has 2 N–H and O–H groups in total. The molecule has 2 aromatic carbocycles. The van der Waals surface area contributed by atoms with Crippen LogP contribution in [0.25, 0.3) is 5.69 Å². The van der Waals surface area contributed by atoms with Gasteiger partial charge in [-0.15, -0.1) is 10.2 Å². The van der Waals surface area contributed by atoms with Crippen molar-refractivity contribution in [1.82, 2.24) is 20.0 Å². The molecular formula is C22H22N6OS2. The Morgan fingerprint density at radius 2 is 1.77 bits per heavy atom. The van der Waals surface area contributed by atoms with E-state index in [9.17, 15) is 4.79 Å². The number of thioether (sulfide) groups is 1. The van der Waals surface area contributed by atoms with Gasteiger partial charge in [-0.05, 0) is 45.0 Å². The Labute approximate surface area is 188 Å². The Balaban J connectivity index is 1.35. The number of nitrogens with one attached hydrogen (secondary N) is 2. The van der Waals surface area contributed by atoms with Crippen molar-refractivity contribution in [2.45, 2.75) is 25.1 Å². The highest BCUT2D eigenvalue weighted by atomic mass is 32.2. The van der Waals surface area contributed by atoms with Crippen LogP contribution in [0, 0.1) is 20.8 Å². The fourth-order valence-electron chi connectivity index (χ4n) is 3.03. The number of aryl methyl sites for hydroxylation is 2. The minimum atomic E-state index is -0.105. The number of nitrogens with zero attached hydrogens (tertiary/aromatic N) is 4. The first kappa shape index (κ1) is 21.1. The minimum absolute atomic E-state index is 0.105. The normalized spacial score (nSPS) is 10.8. The fourth-order valence-corrected chi connectivity index (χ4v) is 4.60. The topological polar surface area (TPSA) is 84.7 Å². The zero-order valence-electron chi connectivity index (χ0n) is 17.4. The Kier molecular flexibility index (Phi) is 6.34. The molecule has 4 aromatic rings. The third kappa shape index (κ3) is 5.12. The van der Waals surface area contributed by atoms with Gasteiger partial charge in [0.2, 0.25) is 11.0 Å². The molecule has 0 aliphatic carbocycles. The second-order valence-corrected chi connectivity index (χ2v) is 9.19. The molecule has 0 saturated heterocycles. The second kappa shape index (κ2) is 9.32. The molecule has 0 atom stereocenters. The van der Waals surface area contributed by atoms with Crippen LogP contribution in [0.5, 0.6) is 0 Å². The smallest absolute Gasteiger partial charge is 0.234 e. The Hall–Kier alpha value is -3.17. The summed E-state index contributed by atoms with van der Waals surface area (Å²) in [4.78, 5) is 12.5. The highest BCUT2D eigenvalue weighted by Crippen LogP contribution is 2.28. The molecule has 0 saturated carbocycles. The van der Waals surface area contributed by atoms with Crippen molar-refractivity contribution in [3.8, 4) is 5.69 Å². The van der Waals surface area contributed by atoms with Crippen LogP contribution in [-0.2, 0) is 4.79 Å². The number of hydrogen-bond acceptors (Lipinski definition) is 7. The van der Waals surface area contributed by atoms with Gasteiger partial charge in [-0.3, -0.25) is 4.79 Å². The van der Waals surface area contributed by atoms with E-state index in [1.807, 2.05) is 80.1 Å². The Bertz CT molecular complexity index is 1180. The molecule has 0 unspecified atom stereocenters. The standard InChI is InChI=1S/C22H22N6OS2/c1-14-9-11-17(12-10-14)23-21-25-26-22(31-21)30-13-19(29)24-20-15(2)27-28(16(20)3)18-7-5-4-6-8-18/h4-12H,13H2,1-3H3,(H,23,25)(H,24,29). The van der Waals surface area contributed by atoms with E-state index in [2.05, 4.69) is 25.9 Å². The van der Waals surface area contributed by atoms with Crippen molar-refractivity contribution in [1.29, 1.82) is 0 Å². The highest BCUT2D eigenvalue weighted by molar-refractivity contribution is 8.01. The molecule has 2 aromatic heterocycles. The van der Waals surface area contributed by atoms with Gasteiger partial charge in [-0.2, -0.15) is 5.10 Å². The number of hydrogen-bond donors (Lipinski definition) is 2. The van der Waals surface area contributed by atoms with Crippen molar-refractivity contribution in [3.63, 3.8) is 0 Å². The van der Waals surface area contributed by atoms with Crippen LogP contribution in [0.3, 0.4) is 0 Å². The van der Waals surface area contributed by atoms with Gasteiger partial charge in [0.25, 0.3) is 0 Å². The fraction of sp³-hybridized carbons (Fsp3) is 0.182. The average Bonchev–Trinajstić information content (AvgIpc) is 3.34. The summed E-state index contributed by atoms with van der Waals surface area (Å²) in [5.74, 6) is 0.140. The number of carbonyl (C=O) groups excluding carboxylic acids is 1. The summed E-state index contributed by atoms with van der Waals surface area (Å²) in [5, 5.41) is 19.8. The summed E-state index contributed by atoms with van der Waals surface area (Å²) in [6.45, 7) is 5.89. The van der Waals surface area contributed by atoms with Crippen LogP contribution < -0.4 is 10.6 Å². The Morgan fingerprint density at radius 1 is 1.03 bits per heavy atom. The summed E-state index contributed by atoms with van der Waals surface area (Å²) in [6, 6.07) is 17.9. The lowest BCUT2D eigenvalue weighted by molar-refractivity contribution is -0.113. The van der Waals surface area contributed by atoms with Gasteiger partial charge in [0.1, 0.15) is 0 Å². The van der Waals surface area contributed by atoms with Gasteiger partial charge in [0, 0.05) is 5.69 Å². The molecule has 0 spiro atoms. The van der Waals surface area contributed by atoms with E-state index < -0.39 is 0 Å². The van der Waals surface area contributed by atoms with E-state index in [1.54, 1.807) is 0 Å². The lowest BCUT2D eigenvalue weighted by Crippen LogP contribution is -2.15. The first-order valence-electron chi connectivity index (χ1n) is 9.71. The molecule has 9 heteroatoms. The molecule has 2 heterocycles. The minimum Gasteiger partial charge on any atom is -0.330 e. The van der Waals surface area contributed by atoms with Crippen molar-refractivity contribution in [2.24, 2.45) is 0 Å². The zero-order chi connectivity index (χ0) is 21.8. The molecule has 0 fully saturated rings. The number of carbonyl (C=O) groups is 1. The van der Waals surface area contributed by atoms with Gasteiger partial charge in [0.05, 0.1) is 28.5 Å². The van der Waals surface area contributed by atoms with Gasteiger partial charge in [-0.1, -0.05) is 59.0 Å². The van der Waals surface area contributed by atoms with Crippen LogP contribution in [0.4, 0.5) is 16.5 Å². The number of anilines is 3. The monoisotopic (exact) mass is 450 g/mol. The first-order valence-corrected chi connectivity index (χ1v) is 11.5. The van der Waals surface area contributed by atoms with Gasteiger partial charge < -0.3 is 10.6 Å². The lowest BCUT2D eigenvalue weighted by Gasteiger charge is -2.06. The van der Waals surface area contributed by atoms with Gasteiger partial charge in [0.15, 0.2) is 4.34 Å². The molecule has 0 radical (unpaired) electrons. The number of amides is 1. The van der Waals surface area contributed by atoms with E-state index in [4.69, 9.17) is 0 Å². The molecule has 4 rings (SSSR count).